The van der Waals surface area contributed by atoms with E-state index in [1.807, 2.05) is 32.0 Å². The van der Waals surface area contributed by atoms with Gasteiger partial charge in [-0.1, -0.05) is 65.0 Å². The lowest BCUT2D eigenvalue weighted by atomic mass is 9.85. The highest BCUT2D eigenvalue weighted by Gasteiger charge is 2.25. The average Bonchev–Trinajstić information content (AvgIpc) is 2.36. The number of carbonyl (C=O) groups is 1. The number of hydrogen-bond donors (Lipinski definition) is 2. The predicted octanol–water partition coefficient (Wildman–Crippen LogP) is 3.26. The molecule has 1 rings (SSSR count). The van der Waals surface area contributed by atoms with Gasteiger partial charge in [0.15, 0.2) is 0 Å². The highest BCUT2D eigenvalue weighted by atomic mass is 16.2. The maximum Gasteiger partial charge on any atom is 0.237 e. The van der Waals surface area contributed by atoms with Crippen LogP contribution in [0, 0.1) is 11.3 Å². The first-order valence-corrected chi connectivity index (χ1v) is 7.31. The topological polar surface area (TPSA) is 55.1 Å². The van der Waals surface area contributed by atoms with Crippen molar-refractivity contribution >= 4 is 5.91 Å². The van der Waals surface area contributed by atoms with Crippen LogP contribution in [0.1, 0.15) is 52.6 Å². The molecule has 0 aliphatic rings. The number of benzene rings is 1. The van der Waals surface area contributed by atoms with Crippen molar-refractivity contribution in [1.29, 1.82) is 0 Å². The van der Waals surface area contributed by atoms with E-state index >= 15 is 0 Å². The highest BCUT2D eigenvalue weighted by molar-refractivity contribution is 5.82. The van der Waals surface area contributed by atoms with Gasteiger partial charge in [-0.15, -0.1) is 0 Å². The van der Waals surface area contributed by atoms with Crippen LogP contribution < -0.4 is 11.1 Å². The predicted molar refractivity (Wildman–Crippen MR) is 84.2 cm³/mol. The van der Waals surface area contributed by atoms with Crippen molar-refractivity contribution in [2.45, 2.75) is 53.1 Å². The molecular weight excluding hydrogens is 248 g/mol. The van der Waals surface area contributed by atoms with Crippen LogP contribution in [0.5, 0.6) is 0 Å². The van der Waals surface area contributed by atoms with E-state index in [0.29, 0.717) is 0 Å². The van der Waals surface area contributed by atoms with Crippen molar-refractivity contribution in [3.8, 4) is 0 Å². The molecule has 0 spiro atoms. The van der Waals surface area contributed by atoms with Crippen molar-refractivity contribution in [2.24, 2.45) is 17.1 Å². The summed E-state index contributed by atoms with van der Waals surface area (Å²) in [4.78, 5) is 12.2. The molecule has 1 unspecified atom stereocenters. The Morgan fingerprint density at radius 2 is 1.75 bits per heavy atom. The Balaban J connectivity index is 2.87. The molecule has 1 amide bonds. The van der Waals surface area contributed by atoms with E-state index in [1.54, 1.807) is 0 Å². The molecule has 3 heteroatoms. The molecular formula is C17H28N2O. The molecule has 0 aromatic heterocycles. The minimum Gasteiger partial charge on any atom is -0.348 e. The fourth-order valence-electron chi connectivity index (χ4n) is 2.12. The summed E-state index contributed by atoms with van der Waals surface area (Å²) in [6.45, 7) is 10.5. The van der Waals surface area contributed by atoms with Crippen LogP contribution in [0.4, 0.5) is 0 Å². The van der Waals surface area contributed by atoms with Gasteiger partial charge < -0.3 is 11.1 Å². The molecule has 0 radical (unpaired) electrons. The summed E-state index contributed by atoms with van der Waals surface area (Å²) in [7, 11) is 0. The zero-order valence-electron chi connectivity index (χ0n) is 13.3. The van der Waals surface area contributed by atoms with E-state index in [4.69, 9.17) is 5.73 Å². The van der Waals surface area contributed by atoms with Crippen molar-refractivity contribution in [3.05, 3.63) is 35.9 Å². The van der Waals surface area contributed by atoms with Crippen LogP contribution in [0.25, 0.3) is 0 Å². The zero-order valence-corrected chi connectivity index (χ0v) is 13.3. The van der Waals surface area contributed by atoms with E-state index in [-0.39, 0.29) is 23.3 Å². The molecule has 1 aromatic carbocycles. The second-order valence-electron chi connectivity index (χ2n) is 7.01. The van der Waals surface area contributed by atoms with Crippen LogP contribution in [0.3, 0.4) is 0 Å². The lowest BCUT2D eigenvalue weighted by molar-refractivity contribution is -0.124. The second kappa shape index (κ2) is 6.89. The van der Waals surface area contributed by atoms with Gasteiger partial charge in [-0.2, -0.15) is 0 Å². The molecule has 0 fully saturated rings. The Bertz CT molecular complexity index is 420. The largest absolute Gasteiger partial charge is 0.348 e. The fourth-order valence-corrected chi connectivity index (χ4v) is 2.12. The molecule has 1 aromatic rings. The lowest BCUT2D eigenvalue weighted by Crippen LogP contribution is -2.45. The molecule has 3 nitrogen and oxygen atoms in total. The highest BCUT2D eigenvalue weighted by Crippen LogP contribution is 2.29. The number of nitrogens with two attached hydrogens (primary N) is 1. The Kier molecular flexibility index (Phi) is 5.75. The summed E-state index contributed by atoms with van der Waals surface area (Å²) in [6.07, 6.45) is 0.883. The summed E-state index contributed by atoms with van der Waals surface area (Å²) in [5.41, 5.74) is 7.20. The van der Waals surface area contributed by atoms with Crippen LogP contribution in [-0.2, 0) is 4.79 Å². The Morgan fingerprint density at radius 1 is 1.20 bits per heavy atom. The third-order valence-electron chi connectivity index (χ3n) is 3.36. The normalized spacial score (nSPS) is 14.9. The maximum absolute atomic E-state index is 12.2. The van der Waals surface area contributed by atoms with Crippen LogP contribution >= 0.6 is 0 Å². The van der Waals surface area contributed by atoms with E-state index in [0.717, 1.165) is 12.0 Å². The van der Waals surface area contributed by atoms with Gasteiger partial charge in [0.1, 0.15) is 0 Å². The molecule has 0 heterocycles. The quantitative estimate of drug-likeness (QED) is 0.867. The molecule has 0 bridgehead atoms. The van der Waals surface area contributed by atoms with E-state index in [9.17, 15) is 4.79 Å². The Morgan fingerprint density at radius 3 is 2.20 bits per heavy atom. The molecule has 0 saturated carbocycles. The van der Waals surface area contributed by atoms with Gasteiger partial charge in [0.25, 0.3) is 0 Å². The zero-order chi connectivity index (χ0) is 15.3. The van der Waals surface area contributed by atoms with Crippen molar-refractivity contribution in [2.75, 3.05) is 0 Å². The summed E-state index contributed by atoms with van der Waals surface area (Å²) in [6, 6.07) is 9.64. The van der Waals surface area contributed by atoms with Gasteiger partial charge in [-0.3, -0.25) is 4.79 Å². The van der Waals surface area contributed by atoms with Crippen molar-refractivity contribution < 1.29 is 4.79 Å². The summed E-state index contributed by atoms with van der Waals surface area (Å²) in [5, 5.41) is 3.11. The van der Waals surface area contributed by atoms with Crippen LogP contribution in [-0.4, -0.2) is 11.9 Å². The van der Waals surface area contributed by atoms with Gasteiger partial charge in [-0.05, 0) is 23.3 Å². The SMILES string of the molecule is CC(C)[C@H](N)C(=O)NC(CC(C)(C)C)c1ccccc1. The smallest absolute Gasteiger partial charge is 0.237 e. The molecule has 0 aliphatic carbocycles. The van der Waals surface area contributed by atoms with E-state index < -0.39 is 6.04 Å². The number of nitrogens with one attached hydrogen (secondary N) is 1. The fraction of sp³-hybridized carbons (Fsp3) is 0.588. The second-order valence-corrected chi connectivity index (χ2v) is 7.01. The van der Waals surface area contributed by atoms with E-state index in [1.165, 1.54) is 0 Å². The first-order valence-electron chi connectivity index (χ1n) is 7.31. The molecule has 20 heavy (non-hydrogen) atoms. The van der Waals surface area contributed by atoms with E-state index in [2.05, 4.69) is 38.2 Å². The molecule has 2 atom stereocenters. The number of rotatable bonds is 5. The third kappa shape index (κ3) is 5.33. The average molecular weight is 276 g/mol. The summed E-state index contributed by atoms with van der Waals surface area (Å²) in [5.74, 6) is 0.0687. The number of hydrogen-bond acceptors (Lipinski definition) is 2. The van der Waals surface area contributed by atoms with Gasteiger partial charge in [-0.25, -0.2) is 0 Å². The third-order valence-corrected chi connectivity index (χ3v) is 3.36. The monoisotopic (exact) mass is 276 g/mol. The molecule has 0 aliphatic heterocycles. The van der Waals surface area contributed by atoms with Crippen LogP contribution in [0.2, 0.25) is 0 Å². The Hall–Kier alpha value is -1.35. The standard InChI is InChI=1S/C17H28N2O/c1-12(2)15(18)16(20)19-14(11-17(3,4)5)13-9-7-6-8-10-13/h6-10,12,14-15H,11,18H2,1-5H3,(H,19,20)/t14?,15-/m0/s1. The maximum atomic E-state index is 12.2. The minimum atomic E-state index is -0.457. The first-order chi connectivity index (χ1) is 9.20. The first kappa shape index (κ1) is 16.7. The van der Waals surface area contributed by atoms with Crippen molar-refractivity contribution in [1.82, 2.24) is 5.32 Å². The number of carbonyl (C=O) groups excluding carboxylic acids is 1. The van der Waals surface area contributed by atoms with Crippen molar-refractivity contribution in [3.63, 3.8) is 0 Å². The summed E-state index contributed by atoms with van der Waals surface area (Å²) >= 11 is 0. The minimum absolute atomic E-state index is 0.00787. The van der Waals surface area contributed by atoms with Crippen LogP contribution in [0.15, 0.2) is 30.3 Å². The molecule has 3 N–H and O–H groups in total. The lowest BCUT2D eigenvalue weighted by Gasteiger charge is -2.28. The molecule has 0 saturated heterocycles. The van der Waals surface area contributed by atoms with Gasteiger partial charge in [0, 0.05) is 0 Å². The number of amides is 1. The molecule has 112 valence electrons. The van der Waals surface area contributed by atoms with Gasteiger partial charge >= 0.3 is 0 Å². The Labute approximate surface area is 122 Å². The van der Waals surface area contributed by atoms with Gasteiger partial charge in [0.2, 0.25) is 5.91 Å². The van der Waals surface area contributed by atoms with Gasteiger partial charge in [0.05, 0.1) is 12.1 Å². The summed E-state index contributed by atoms with van der Waals surface area (Å²) < 4.78 is 0.